The van der Waals surface area contributed by atoms with E-state index in [1.165, 1.54) is 5.56 Å². The minimum atomic E-state index is -0.490. The molecule has 1 aliphatic rings. The fourth-order valence-corrected chi connectivity index (χ4v) is 4.45. The first-order valence-corrected chi connectivity index (χ1v) is 11.8. The third-order valence-electron chi connectivity index (χ3n) is 5.19. The average molecular weight is 427 g/mol. The van der Waals surface area contributed by atoms with Crippen LogP contribution in [0.2, 0.25) is 0 Å². The van der Waals surface area contributed by atoms with Crippen molar-refractivity contribution in [3.8, 4) is 0 Å². The maximum absolute atomic E-state index is 12.9. The molecule has 162 valence electrons. The number of hydrogen-bond acceptors (Lipinski definition) is 4. The van der Waals surface area contributed by atoms with E-state index in [0.29, 0.717) is 12.5 Å². The summed E-state index contributed by atoms with van der Waals surface area (Å²) in [6, 6.07) is 14.8. The zero-order chi connectivity index (χ0) is 21.7. The topological polar surface area (TPSA) is 42.4 Å². The normalized spacial score (nSPS) is 16.5. The van der Waals surface area contributed by atoms with Crippen molar-refractivity contribution in [1.82, 2.24) is 9.88 Å². The van der Waals surface area contributed by atoms with Crippen LogP contribution in [0, 0.1) is 5.92 Å². The summed E-state index contributed by atoms with van der Waals surface area (Å²) < 4.78 is 5.70. The molecule has 1 aromatic carbocycles. The Kier molecular flexibility index (Phi) is 7.45. The van der Waals surface area contributed by atoms with Gasteiger partial charge in [-0.15, -0.1) is 11.8 Å². The monoisotopic (exact) mass is 426 g/mol. The molecule has 1 aromatic heterocycles. The van der Waals surface area contributed by atoms with Gasteiger partial charge in [0.1, 0.15) is 5.60 Å². The van der Waals surface area contributed by atoms with Crippen molar-refractivity contribution < 1.29 is 9.53 Å². The van der Waals surface area contributed by atoms with Crippen LogP contribution >= 0.6 is 11.8 Å². The van der Waals surface area contributed by atoms with Crippen LogP contribution in [0.4, 0.5) is 4.79 Å². The van der Waals surface area contributed by atoms with Crippen LogP contribution in [-0.2, 0) is 23.5 Å². The van der Waals surface area contributed by atoms with Gasteiger partial charge in [0, 0.05) is 23.9 Å². The molecule has 0 bridgehead atoms. The number of nitrogens with zero attached hydrogens (tertiary/aromatic N) is 2. The van der Waals surface area contributed by atoms with Gasteiger partial charge >= 0.3 is 6.09 Å². The number of amides is 1. The average Bonchev–Trinajstić information content (AvgIpc) is 2.69. The summed E-state index contributed by atoms with van der Waals surface area (Å²) in [6.45, 7) is 10.8. The molecule has 0 N–H and O–H groups in total. The number of benzene rings is 1. The maximum atomic E-state index is 12.9. The summed E-state index contributed by atoms with van der Waals surface area (Å²) in [7, 11) is 0. The second kappa shape index (κ2) is 9.86. The lowest BCUT2D eigenvalue weighted by atomic mass is 9.93. The number of ether oxygens (including phenoxy) is 1. The van der Waals surface area contributed by atoms with E-state index < -0.39 is 5.60 Å². The SMILES string of the molecule is CC(C)CCC1Cc2nc(SCc3ccccc3)ccc2CN1C(=O)OC(C)(C)C. The van der Waals surface area contributed by atoms with Gasteiger partial charge in [0.15, 0.2) is 0 Å². The lowest BCUT2D eigenvalue weighted by molar-refractivity contribution is 0.0102. The zero-order valence-corrected chi connectivity index (χ0v) is 19.7. The molecule has 1 unspecified atom stereocenters. The quantitative estimate of drug-likeness (QED) is 0.496. The highest BCUT2D eigenvalue weighted by Crippen LogP contribution is 2.30. The smallest absolute Gasteiger partial charge is 0.410 e. The first-order chi connectivity index (χ1) is 14.2. The van der Waals surface area contributed by atoms with Crippen LogP contribution in [0.15, 0.2) is 47.5 Å². The Morgan fingerprint density at radius 1 is 1.20 bits per heavy atom. The number of rotatable bonds is 6. The first kappa shape index (κ1) is 22.7. The third-order valence-corrected chi connectivity index (χ3v) is 6.19. The predicted molar refractivity (Wildman–Crippen MR) is 124 cm³/mol. The molecule has 0 saturated heterocycles. The Morgan fingerprint density at radius 3 is 2.60 bits per heavy atom. The van der Waals surface area contributed by atoms with Crippen LogP contribution in [-0.4, -0.2) is 27.6 Å². The molecule has 4 nitrogen and oxygen atoms in total. The predicted octanol–water partition coefficient (Wildman–Crippen LogP) is 6.47. The van der Waals surface area contributed by atoms with Crippen molar-refractivity contribution >= 4 is 17.9 Å². The zero-order valence-electron chi connectivity index (χ0n) is 18.9. The Morgan fingerprint density at radius 2 is 1.93 bits per heavy atom. The number of hydrogen-bond donors (Lipinski definition) is 0. The Hall–Kier alpha value is -2.01. The number of carbonyl (C=O) groups is 1. The van der Waals surface area contributed by atoms with Crippen LogP contribution in [0.3, 0.4) is 0 Å². The summed E-state index contributed by atoms with van der Waals surface area (Å²) in [5, 5.41) is 1.05. The van der Waals surface area contributed by atoms with Crippen LogP contribution < -0.4 is 0 Å². The van der Waals surface area contributed by atoms with E-state index in [1.807, 2.05) is 31.7 Å². The second-order valence-corrected chi connectivity index (χ2v) is 10.5. The number of thioether (sulfide) groups is 1. The van der Waals surface area contributed by atoms with E-state index in [2.05, 4.69) is 50.2 Å². The fourth-order valence-electron chi connectivity index (χ4n) is 3.61. The van der Waals surface area contributed by atoms with Gasteiger partial charge < -0.3 is 9.64 Å². The molecule has 1 aliphatic heterocycles. The molecule has 3 rings (SSSR count). The summed E-state index contributed by atoms with van der Waals surface area (Å²) >= 11 is 1.76. The summed E-state index contributed by atoms with van der Waals surface area (Å²) in [5.41, 5.74) is 3.07. The summed E-state index contributed by atoms with van der Waals surface area (Å²) in [5.74, 6) is 1.51. The van der Waals surface area contributed by atoms with Gasteiger partial charge in [-0.25, -0.2) is 9.78 Å². The second-order valence-electron chi connectivity index (χ2n) is 9.47. The van der Waals surface area contributed by atoms with Gasteiger partial charge in [-0.1, -0.05) is 50.2 Å². The minimum absolute atomic E-state index is 0.136. The van der Waals surface area contributed by atoms with Gasteiger partial charge in [0.2, 0.25) is 0 Å². The molecule has 30 heavy (non-hydrogen) atoms. The number of pyridine rings is 1. The Labute approximate surface area is 185 Å². The van der Waals surface area contributed by atoms with Crippen LogP contribution in [0.5, 0.6) is 0 Å². The molecule has 0 aliphatic carbocycles. The van der Waals surface area contributed by atoms with E-state index in [4.69, 9.17) is 9.72 Å². The molecule has 0 saturated carbocycles. The standard InChI is InChI=1S/C25H34N2O2S/c1-18(2)11-13-21-15-22-20(16-27(21)24(28)29-25(3,4)5)12-14-23(26-22)30-17-19-9-7-6-8-10-19/h6-10,12,14,18,21H,11,13,15-17H2,1-5H3. The lowest BCUT2D eigenvalue weighted by Crippen LogP contribution is -2.46. The van der Waals surface area contributed by atoms with Crippen molar-refractivity contribution in [1.29, 1.82) is 0 Å². The maximum Gasteiger partial charge on any atom is 0.410 e. The van der Waals surface area contributed by atoms with E-state index in [1.54, 1.807) is 11.8 Å². The van der Waals surface area contributed by atoms with E-state index in [0.717, 1.165) is 41.3 Å². The summed E-state index contributed by atoms with van der Waals surface area (Å²) in [4.78, 5) is 19.8. The largest absolute Gasteiger partial charge is 0.444 e. The van der Waals surface area contributed by atoms with E-state index in [-0.39, 0.29) is 12.1 Å². The highest BCUT2D eigenvalue weighted by atomic mass is 32.2. The first-order valence-electron chi connectivity index (χ1n) is 10.9. The fraction of sp³-hybridized carbons (Fsp3) is 0.520. The van der Waals surface area contributed by atoms with Gasteiger partial charge in [-0.05, 0) is 56.7 Å². The van der Waals surface area contributed by atoms with Crippen molar-refractivity contribution in [2.24, 2.45) is 5.92 Å². The van der Waals surface area contributed by atoms with Gasteiger partial charge in [-0.2, -0.15) is 0 Å². The highest BCUT2D eigenvalue weighted by Gasteiger charge is 2.33. The molecule has 0 fully saturated rings. The molecule has 2 heterocycles. The van der Waals surface area contributed by atoms with Gasteiger partial charge in [0.25, 0.3) is 0 Å². The van der Waals surface area contributed by atoms with Gasteiger partial charge in [-0.3, -0.25) is 0 Å². The van der Waals surface area contributed by atoms with E-state index >= 15 is 0 Å². The van der Waals surface area contributed by atoms with E-state index in [9.17, 15) is 4.79 Å². The third kappa shape index (κ3) is 6.49. The molecule has 2 aromatic rings. The Balaban J connectivity index is 1.75. The van der Waals surface area contributed by atoms with Gasteiger partial charge in [0.05, 0.1) is 11.6 Å². The van der Waals surface area contributed by atoms with Crippen molar-refractivity contribution in [2.45, 2.75) is 82.8 Å². The molecule has 0 radical (unpaired) electrons. The minimum Gasteiger partial charge on any atom is -0.444 e. The molecular formula is C25H34N2O2S. The van der Waals surface area contributed by atoms with Crippen molar-refractivity contribution in [3.05, 3.63) is 59.3 Å². The molecule has 0 spiro atoms. The Bertz CT molecular complexity index is 846. The molecule has 1 atom stereocenters. The highest BCUT2D eigenvalue weighted by molar-refractivity contribution is 7.98. The lowest BCUT2D eigenvalue weighted by Gasteiger charge is -2.37. The van der Waals surface area contributed by atoms with Crippen LogP contribution in [0.25, 0.3) is 0 Å². The molecular weight excluding hydrogens is 392 g/mol. The molecule has 1 amide bonds. The van der Waals surface area contributed by atoms with Crippen LogP contribution in [0.1, 0.15) is 64.3 Å². The summed E-state index contributed by atoms with van der Waals surface area (Å²) in [6.07, 6.45) is 2.63. The molecule has 5 heteroatoms. The number of carbonyl (C=O) groups excluding carboxylic acids is 1. The number of aromatic nitrogens is 1. The van der Waals surface area contributed by atoms with Crippen molar-refractivity contribution in [3.63, 3.8) is 0 Å². The number of fused-ring (bicyclic) bond motifs is 1. The van der Waals surface area contributed by atoms with Crippen molar-refractivity contribution in [2.75, 3.05) is 0 Å².